The van der Waals surface area contributed by atoms with Gasteiger partial charge in [0.25, 0.3) is 0 Å². The van der Waals surface area contributed by atoms with Crippen LogP contribution in [0, 0.1) is 9.39 Å². The van der Waals surface area contributed by atoms with Crippen LogP contribution in [0.1, 0.15) is 5.82 Å². The summed E-state index contributed by atoms with van der Waals surface area (Å²) in [5.41, 5.74) is 2.41. The SMILES string of the molecule is Fc1ccc2nc(CCCl)n(-c3ccc(Cl)cc3I)c2c1. The van der Waals surface area contributed by atoms with Crippen LogP contribution >= 0.6 is 45.8 Å². The van der Waals surface area contributed by atoms with Crippen LogP contribution in [0.3, 0.4) is 0 Å². The maximum atomic E-state index is 13.6. The predicted molar refractivity (Wildman–Crippen MR) is 93.2 cm³/mol. The molecular formula is C15H10Cl2FIN2. The maximum Gasteiger partial charge on any atom is 0.125 e. The van der Waals surface area contributed by atoms with Crippen LogP contribution in [0.5, 0.6) is 0 Å². The van der Waals surface area contributed by atoms with Gasteiger partial charge >= 0.3 is 0 Å². The van der Waals surface area contributed by atoms with Gasteiger partial charge in [-0.25, -0.2) is 9.37 Å². The van der Waals surface area contributed by atoms with E-state index in [2.05, 4.69) is 27.6 Å². The van der Waals surface area contributed by atoms with E-state index in [-0.39, 0.29) is 5.82 Å². The molecule has 1 heterocycles. The van der Waals surface area contributed by atoms with Gasteiger partial charge in [-0.15, -0.1) is 11.6 Å². The molecule has 0 aliphatic carbocycles. The highest BCUT2D eigenvalue weighted by Crippen LogP contribution is 2.28. The molecule has 0 atom stereocenters. The van der Waals surface area contributed by atoms with Crippen LogP contribution in [0.4, 0.5) is 4.39 Å². The number of nitrogens with zero attached hydrogens (tertiary/aromatic N) is 2. The molecule has 0 amide bonds. The van der Waals surface area contributed by atoms with E-state index in [1.54, 1.807) is 6.07 Å². The number of aromatic nitrogens is 2. The van der Waals surface area contributed by atoms with Gasteiger partial charge in [-0.3, -0.25) is 4.57 Å². The second kappa shape index (κ2) is 6.10. The molecule has 0 spiro atoms. The molecule has 0 fully saturated rings. The van der Waals surface area contributed by atoms with Crippen molar-refractivity contribution in [3.05, 3.63) is 56.6 Å². The second-order valence-corrected chi connectivity index (χ2v) is 6.51. The standard InChI is InChI=1S/C15H10Cl2FIN2/c16-6-5-15-20-12-3-2-10(18)8-14(12)21(15)13-4-1-9(17)7-11(13)19/h1-4,7-8H,5-6H2. The number of halogens is 4. The molecule has 2 aromatic carbocycles. The Kier molecular flexibility index (Phi) is 4.38. The molecule has 0 radical (unpaired) electrons. The topological polar surface area (TPSA) is 17.8 Å². The van der Waals surface area contributed by atoms with Gasteiger partial charge in [-0.2, -0.15) is 0 Å². The van der Waals surface area contributed by atoms with Crippen molar-refractivity contribution in [2.45, 2.75) is 6.42 Å². The Labute approximate surface area is 145 Å². The molecular weight excluding hydrogens is 425 g/mol. The number of aryl methyl sites for hydroxylation is 1. The lowest BCUT2D eigenvalue weighted by molar-refractivity contribution is 0.629. The molecule has 0 aliphatic rings. The van der Waals surface area contributed by atoms with Crippen molar-refractivity contribution in [1.29, 1.82) is 0 Å². The first kappa shape index (κ1) is 15.1. The molecule has 3 aromatic rings. The minimum absolute atomic E-state index is 0.287. The summed E-state index contributed by atoms with van der Waals surface area (Å²) in [6, 6.07) is 10.2. The molecule has 0 saturated heterocycles. The van der Waals surface area contributed by atoms with E-state index in [9.17, 15) is 4.39 Å². The molecule has 0 bridgehead atoms. The van der Waals surface area contributed by atoms with Crippen molar-refractivity contribution in [1.82, 2.24) is 9.55 Å². The Morgan fingerprint density at radius 2 is 2.00 bits per heavy atom. The van der Waals surface area contributed by atoms with Gasteiger partial charge in [0.15, 0.2) is 0 Å². The molecule has 21 heavy (non-hydrogen) atoms. The lowest BCUT2D eigenvalue weighted by Gasteiger charge is -2.11. The molecule has 3 rings (SSSR count). The fourth-order valence-electron chi connectivity index (χ4n) is 2.28. The Balaban J connectivity index is 2.32. The third-order valence-electron chi connectivity index (χ3n) is 3.15. The molecule has 0 aliphatic heterocycles. The van der Waals surface area contributed by atoms with Gasteiger partial charge in [0.1, 0.15) is 11.6 Å². The monoisotopic (exact) mass is 434 g/mol. The highest BCUT2D eigenvalue weighted by molar-refractivity contribution is 14.1. The molecule has 1 aromatic heterocycles. The van der Waals surface area contributed by atoms with Crippen molar-refractivity contribution in [3.63, 3.8) is 0 Å². The van der Waals surface area contributed by atoms with Crippen LogP contribution < -0.4 is 0 Å². The Hall–Kier alpha value is -0.850. The highest BCUT2D eigenvalue weighted by atomic mass is 127. The number of imidazole rings is 1. The summed E-state index contributed by atoms with van der Waals surface area (Å²) in [7, 11) is 0. The number of hydrogen-bond acceptors (Lipinski definition) is 1. The first-order chi connectivity index (χ1) is 10.1. The lowest BCUT2D eigenvalue weighted by atomic mass is 10.2. The third kappa shape index (κ3) is 2.89. The van der Waals surface area contributed by atoms with Crippen LogP contribution in [0.15, 0.2) is 36.4 Å². The Morgan fingerprint density at radius 3 is 2.71 bits per heavy atom. The minimum Gasteiger partial charge on any atom is -0.295 e. The summed E-state index contributed by atoms with van der Waals surface area (Å²) in [5.74, 6) is 0.978. The van der Waals surface area contributed by atoms with E-state index < -0.39 is 0 Å². The van der Waals surface area contributed by atoms with Crippen LogP contribution in [-0.2, 0) is 6.42 Å². The van der Waals surface area contributed by atoms with Crippen LogP contribution in [0.25, 0.3) is 16.7 Å². The van der Waals surface area contributed by atoms with Gasteiger partial charge in [0, 0.05) is 27.0 Å². The molecule has 0 N–H and O–H groups in total. The van der Waals surface area contributed by atoms with Crippen molar-refractivity contribution in [2.75, 3.05) is 5.88 Å². The van der Waals surface area contributed by atoms with Gasteiger partial charge in [-0.05, 0) is 52.9 Å². The number of rotatable bonds is 3. The molecule has 6 heteroatoms. The van der Waals surface area contributed by atoms with Crippen molar-refractivity contribution < 1.29 is 4.39 Å². The van der Waals surface area contributed by atoms with E-state index in [1.807, 2.05) is 22.8 Å². The Bertz CT molecular complexity index is 817. The van der Waals surface area contributed by atoms with Gasteiger partial charge in [-0.1, -0.05) is 11.6 Å². The number of benzene rings is 2. The zero-order valence-corrected chi connectivity index (χ0v) is 14.5. The minimum atomic E-state index is -0.287. The van der Waals surface area contributed by atoms with E-state index in [1.165, 1.54) is 12.1 Å². The van der Waals surface area contributed by atoms with Gasteiger partial charge < -0.3 is 0 Å². The predicted octanol–water partition coefficient (Wildman–Crippen LogP) is 5.20. The third-order valence-corrected chi connectivity index (χ3v) is 4.44. The second-order valence-electron chi connectivity index (χ2n) is 4.53. The van der Waals surface area contributed by atoms with Crippen LogP contribution in [0.2, 0.25) is 5.02 Å². The summed E-state index contributed by atoms with van der Waals surface area (Å²) < 4.78 is 16.5. The lowest BCUT2D eigenvalue weighted by Crippen LogP contribution is -2.04. The molecule has 0 unspecified atom stereocenters. The van der Waals surface area contributed by atoms with Crippen LogP contribution in [-0.4, -0.2) is 15.4 Å². The van der Waals surface area contributed by atoms with Crippen molar-refractivity contribution in [3.8, 4) is 5.69 Å². The molecule has 0 saturated carbocycles. The van der Waals surface area contributed by atoms with E-state index in [0.717, 1.165) is 26.1 Å². The summed E-state index contributed by atoms with van der Waals surface area (Å²) in [6.45, 7) is 0. The average molecular weight is 435 g/mol. The highest BCUT2D eigenvalue weighted by Gasteiger charge is 2.15. The summed E-state index contributed by atoms with van der Waals surface area (Å²) in [4.78, 5) is 4.56. The largest absolute Gasteiger partial charge is 0.295 e. The van der Waals surface area contributed by atoms with E-state index in [4.69, 9.17) is 23.2 Å². The normalized spacial score (nSPS) is 11.2. The van der Waals surface area contributed by atoms with Crippen molar-refractivity contribution >= 4 is 56.8 Å². The maximum absolute atomic E-state index is 13.6. The van der Waals surface area contributed by atoms with E-state index >= 15 is 0 Å². The first-order valence-electron chi connectivity index (χ1n) is 6.28. The van der Waals surface area contributed by atoms with Crippen molar-refractivity contribution in [2.24, 2.45) is 0 Å². The molecule has 2 nitrogen and oxygen atoms in total. The zero-order valence-electron chi connectivity index (χ0n) is 10.8. The number of fused-ring (bicyclic) bond motifs is 1. The van der Waals surface area contributed by atoms with Gasteiger partial charge in [0.05, 0.1) is 16.7 Å². The summed E-state index contributed by atoms with van der Waals surface area (Å²) >= 11 is 14.1. The first-order valence-corrected chi connectivity index (χ1v) is 8.27. The fourth-order valence-corrected chi connectivity index (χ4v) is 3.56. The Morgan fingerprint density at radius 1 is 1.19 bits per heavy atom. The summed E-state index contributed by atoms with van der Waals surface area (Å²) in [5, 5.41) is 0.664. The quantitative estimate of drug-likeness (QED) is 0.409. The molecule has 108 valence electrons. The number of alkyl halides is 1. The smallest absolute Gasteiger partial charge is 0.125 e. The van der Waals surface area contributed by atoms with E-state index in [0.29, 0.717) is 17.3 Å². The fraction of sp³-hybridized carbons (Fsp3) is 0.133. The van der Waals surface area contributed by atoms with Gasteiger partial charge in [0.2, 0.25) is 0 Å². The average Bonchev–Trinajstić information content (AvgIpc) is 2.77. The number of hydrogen-bond donors (Lipinski definition) is 0. The zero-order chi connectivity index (χ0) is 15.0. The summed E-state index contributed by atoms with van der Waals surface area (Å²) in [6.07, 6.45) is 0.608.